The number of nitrogens with one attached hydrogen (secondary N) is 1. The Morgan fingerprint density at radius 1 is 1.59 bits per heavy atom. The Balaban J connectivity index is 2.39. The molecule has 0 saturated heterocycles. The Bertz CT molecular complexity index is 504. The molecule has 0 aliphatic carbocycles. The zero-order chi connectivity index (χ0) is 12.6. The van der Waals surface area contributed by atoms with E-state index in [-0.39, 0.29) is 11.7 Å². The number of carboxylic acids is 1. The maximum Gasteiger partial charge on any atom is 0.341 e. The zero-order valence-corrected chi connectivity index (χ0v) is 9.82. The van der Waals surface area contributed by atoms with Crippen LogP contribution in [0.1, 0.15) is 35.5 Å². The number of ether oxygens (including phenoxy) is 1. The third-order valence-electron chi connectivity index (χ3n) is 3.05. The molecule has 0 bridgehead atoms. The van der Waals surface area contributed by atoms with Gasteiger partial charge in [-0.2, -0.15) is 0 Å². The number of aromatic amines is 1. The minimum atomic E-state index is -1.21. The number of aromatic nitrogens is 1. The lowest BCUT2D eigenvalue weighted by atomic mass is 9.96. The van der Waals surface area contributed by atoms with Crippen molar-refractivity contribution in [3.05, 3.63) is 33.2 Å². The van der Waals surface area contributed by atoms with Gasteiger partial charge in [0.2, 0.25) is 0 Å². The van der Waals surface area contributed by atoms with Gasteiger partial charge in [0.05, 0.1) is 12.7 Å². The normalized spacial score (nSPS) is 19.1. The summed E-state index contributed by atoms with van der Waals surface area (Å²) < 4.78 is 5.63. The largest absolute Gasteiger partial charge is 0.477 e. The lowest BCUT2D eigenvalue weighted by Crippen LogP contribution is -2.31. The summed E-state index contributed by atoms with van der Waals surface area (Å²) in [5.41, 5.74) is 0.792. The van der Waals surface area contributed by atoms with Crippen molar-refractivity contribution in [2.45, 2.75) is 33.0 Å². The Kier molecular flexibility index (Phi) is 3.02. The number of rotatable bonds is 2. The van der Waals surface area contributed by atoms with Crippen molar-refractivity contribution in [3.63, 3.8) is 0 Å². The molecule has 1 aliphatic heterocycles. The van der Waals surface area contributed by atoms with Gasteiger partial charge in [0.15, 0.2) is 0 Å². The highest BCUT2D eigenvalue weighted by atomic mass is 16.5. The van der Waals surface area contributed by atoms with E-state index in [1.54, 1.807) is 0 Å². The maximum absolute atomic E-state index is 11.5. The molecule has 0 amide bonds. The molecule has 0 radical (unpaired) electrons. The van der Waals surface area contributed by atoms with Gasteiger partial charge < -0.3 is 14.8 Å². The van der Waals surface area contributed by atoms with Gasteiger partial charge in [0, 0.05) is 12.1 Å². The van der Waals surface area contributed by atoms with Crippen LogP contribution in [0, 0.1) is 5.92 Å². The number of carboxylic acid groups (broad SMARTS) is 1. The summed E-state index contributed by atoms with van der Waals surface area (Å²) in [4.78, 5) is 25.0. The second-order valence-corrected chi connectivity index (χ2v) is 4.62. The lowest BCUT2D eigenvalue weighted by molar-refractivity contribution is -0.00168. The summed E-state index contributed by atoms with van der Waals surface area (Å²) in [5.74, 6) is -0.842. The molecule has 5 heteroatoms. The number of H-pyrrole nitrogens is 1. The number of hydrogen-bond donors (Lipinski definition) is 2. The summed E-state index contributed by atoms with van der Waals surface area (Å²) in [7, 11) is 0. The lowest BCUT2D eigenvalue weighted by Gasteiger charge is -2.27. The smallest absolute Gasteiger partial charge is 0.341 e. The van der Waals surface area contributed by atoms with E-state index in [0.717, 1.165) is 11.3 Å². The third-order valence-corrected chi connectivity index (χ3v) is 3.05. The standard InChI is InChI=1S/C12H15NO4/c1-6(2)10-4-9-7(5-17-10)3-8(12(15)16)11(14)13-9/h3,6,10H,4-5H2,1-2H3,(H,13,14)(H,15,16). The molecule has 2 heterocycles. The molecule has 17 heavy (non-hydrogen) atoms. The van der Waals surface area contributed by atoms with E-state index < -0.39 is 11.5 Å². The fourth-order valence-electron chi connectivity index (χ4n) is 1.97. The van der Waals surface area contributed by atoms with Crippen molar-refractivity contribution in [3.8, 4) is 0 Å². The van der Waals surface area contributed by atoms with Gasteiger partial charge in [-0.3, -0.25) is 4.79 Å². The number of pyridine rings is 1. The third kappa shape index (κ3) is 2.24. The number of aromatic carboxylic acids is 1. The average Bonchev–Trinajstić information content (AvgIpc) is 2.26. The van der Waals surface area contributed by atoms with E-state index in [0.29, 0.717) is 18.9 Å². The van der Waals surface area contributed by atoms with E-state index >= 15 is 0 Å². The molecule has 0 saturated carbocycles. The molecule has 5 nitrogen and oxygen atoms in total. The number of fused-ring (bicyclic) bond motifs is 1. The second kappa shape index (κ2) is 4.33. The highest BCUT2D eigenvalue weighted by molar-refractivity contribution is 5.87. The SMILES string of the molecule is CC(C)C1Cc2[nH]c(=O)c(C(=O)O)cc2CO1. The second-order valence-electron chi connectivity index (χ2n) is 4.62. The quantitative estimate of drug-likeness (QED) is 0.809. The van der Waals surface area contributed by atoms with Gasteiger partial charge in [0.25, 0.3) is 5.56 Å². The molecule has 92 valence electrons. The van der Waals surface area contributed by atoms with Crippen LogP contribution < -0.4 is 5.56 Å². The first kappa shape index (κ1) is 11.9. The van der Waals surface area contributed by atoms with Crippen molar-refractivity contribution in [1.29, 1.82) is 0 Å². The Morgan fingerprint density at radius 2 is 2.29 bits per heavy atom. The maximum atomic E-state index is 11.5. The van der Waals surface area contributed by atoms with E-state index in [1.165, 1.54) is 6.07 Å². The van der Waals surface area contributed by atoms with E-state index in [2.05, 4.69) is 18.8 Å². The van der Waals surface area contributed by atoms with Crippen LogP contribution in [0.3, 0.4) is 0 Å². The summed E-state index contributed by atoms with van der Waals surface area (Å²) >= 11 is 0. The fraction of sp³-hybridized carbons (Fsp3) is 0.500. The minimum Gasteiger partial charge on any atom is -0.477 e. The molecule has 1 aromatic heterocycles. The number of hydrogen-bond acceptors (Lipinski definition) is 3. The number of carbonyl (C=O) groups is 1. The van der Waals surface area contributed by atoms with Crippen LogP contribution in [0.5, 0.6) is 0 Å². The van der Waals surface area contributed by atoms with Crippen molar-refractivity contribution in [1.82, 2.24) is 4.98 Å². The first-order chi connectivity index (χ1) is 7.99. The van der Waals surface area contributed by atoms with Crippen LogP contribution in [0.4, 0.5) is 0 Å². The first-order valence-corrected chi connectivity index (χ1v) is 5.59. The van der Waals surface area contributed by atoms with Crippen molar-refractivity contribution in [2.24, 2.45) is 5.92 Å². The Morgan fingerprint density at radius 3 is 2.88 bits per heavy atom. The van der Waals surface area contributed by atoms with Crippen molar-refractivity contribution >= 4 is 5.97 Å². The molecule has 0 spiro atoms. The molecule has 0 aromatic carbocycles. The van der Waals surface area contributed by atoms with Gasteiger partial charge >= 0.3 is 5.97 Å². The van der Waals surface area contributed by atoms with E-state index in [9.17, 15) is 9.59 Å². The van der Waals surface area contributed by atoms with Gasteiger partial charge in [0.1, 0.15) is 5.56 Å². The summed E-state index contributed by atoms with van der Waals surface area (Å²) in [6.45, 7) is 4.47. The zero-order valence-electron chi connectivity index (χ0n) is 9.82. The minimum absolute atomic E-state index is 0.0776. The predicted molar refractivity (Wildman–Crippen MR) is 61.1 cm³/mol. The monoisotopic (exact) mass is 237 g/mol. The molecular weight excluding hydrogens is 222 g/mol. The van der Waals surface area contributed by atoms with Gasteiger partial charge in [-0.25, -0.2) is 4.79 Å². The molecule has 1 atom stereocenters. The fourth-order valence-corrected chi connectivity index (χ4v) is 1.97. The first-order valence-electron chi connectivity index (χ1n) is 5.59. The van der Waals surface area contributed by atoms with Crippen LogP contribution >= 0.6 is 0 Å². The van der Waals surface area contributed by atoms with Crippen molar-refractivity contribution in [2.75, 3.05) is 0 Å². The summed E-state index contributed by atoms with van der Waals surface area (Å²) in [5, 5.41) is 8.85. The molecule has 0 fully saturated rings. The van der Waals surface area contributed by atoms with E-state index in [4.69, 9.17) is 9.84 Å². The van der Waals surface area contributed by atoms with Crippen LogP contribution in [-0.2, 0) is 17.8 Å². The van der Waals surface area contributed by atoms with Gasteiger partial charge in [-0.15, -0.1) is 0 Å². The molecule has 1 unspecified atom stereocenters. The molecular formula is C12H15NO4. The van der Waals surface area contributed by atoms with Gasteiger partial charge in [-0.1, -0.05) is 13.8 Å². The Labute approximate surface area is 98.4 Å². The Hall–Kier alpha value is -1.62. The van der Waals surface area contributed by atoms with Crippen molar-refractivity contribution < 1.29 is 14.6 Å². The van der Waals surface area contributed by atoms with Gasteiger partial charge in [-0.05, 0) is 17.5 Å². The highest BCUT2D eigenvalue weighted by Crippen LogP contribution is 2.22. The van der Waals surface area contributed by atoms with Crippen LogP contribution in [-0.4, -0.2) is 22.2 Å². The molecule has 1 aromatic rings. The topological polar surface area (TPSA) is 79.4 Å². The van der Waals surface area contributed by atoms with Crippen LogP contribution in [0.25, 0.3) is 0 Å². The average molecular weight is 237 g/mol. The molecule has 2 rings (SSSR count). The highest BCUT2D eigenvalue weighted by Gasteiger charge is 2.24. The molecule has 1 aliphatic rings. The van der Waals surface area contributed by atoms with Crippen LogP contribution in [0.2, 0.25) is 0 Å². The summed E-state index contributed by atoms with van der Waals surface area (Å²) in [6, 6.07) is 1.41. The molecule has 2 N–H and O–H groups in total. The predicted octanol–water partition coefficient (Wildman–Crippen LogP) is 1.17. The van der Waals surface area contributed by atoms with Crippen LogP contribution in [0.15, 0.2) is 10.9 Å². The summed E-state index contributed by atoms with van der Waals surface area (Å²) in [6.07, 6.45) is 0.705. The van der Waals surface area contributed by atoms with E-state index in [1.807, 2.05) is 0 Å².